The summed E-state index contributed by atoms with van der Waals surface area (Å²) < 4.78 is 23.6. The van der Waals surface area contributed by atoms with Crippen LogP contribution in [0.15, 0.2) is 48.6 Å². The molecule has 0 heterocycles. The fourth-order valence-electron chi connectivity index (χ4n) is 6.86. The summed E-state index contributed by atoms with van der Waals surface area (Å²) in [5.74, 6) is -0.202. The molecule has 0 aliphatic rings. The molecular weight excluding hydrogens is 756 g/mol. The van der Waals surface area contributed by atoms with E-state index in [9.17, 15) is 19.4 Å². The Morgan fingerprint density at radius 3 is 1.53 bits per heavy atom. The highest BCUT2D eigenvalue weighted by atomic mass is 31.2. The average molecular weight is 852 g/mol. The summed E-state index contributed by atoms with van der Waals surface area (Å²) in [5.41, 5.74) is 0. The highest BCUT2D eigenvalue weighted by molar-refractivity contribution is 7.47. The van der Waals surface area contributed by atoms with Crippen LogP contribution in [0.1, 0.15) is 213 Å². The number of phosphoric acid groups is 1. The molecule has 1 amide bonds. The van der Waals surface area contributed by atoms with Gasteiger partial charge in [-0.25, -0.2) is 4.57 Å². The van der Waals surface area contributed by atoms with Gasteiger partial charge in [-0.05, 0) is 57.8 Å². The van der Waals surface area contributed by atoms with Crippen molar-refractivity contribution >= 4 is 13.7 Å². The highest BCUT2D eigenvalue weighted by Crippen LogP contribution is 2.43. The summed E-state index contributed by atoms with van der Waals surface area (Å²) in [6.45, 7) is 4.72. The van der Waals surface area contributed by atoms with Gasteiger partial charge in [-0.2, -0.15) is 0 Å². The third-order valence-corrected chi connectivity index (χ3v) is 11.7. The Morgan fingerprint density at radius 2 is 1.02 bits per heavy atom. The number of carbonyl (C=O) groups is 1. The van der Waals surface area contributed by atoms with Gasteiger partial charge in [-0.15, -0.1) is 0 Å². The first kappa shape index (κ1) is 57.5. The lowest BCUT2D eigenvalue weighted by Gasteiger charge is -2.25. The zero-order valence-corrected chi connectivity index (χ0v) is 40.1. The molecule has 0 saturated carbocycles. The lowest BCUT2D eigenvalue weighted by atomic mass is 10.0. The summed E-state index contributed by atoms with van der Waals surface area (Å²) in [7, 11) is 1.54. The molecule has 0 saturated heterocycles. The Labute approximate surface area is 365 Å². The van der Waals surface area contributed by atoms with Gasteiger partial charge in [0.2, 0.25) is 5.91 Å². The Hall–Kier alpha value is -1.54. The number of amides is 1. The van der Waals surface area contributed by atoms with Gasteiger partial charge in [-0.3, -0.25) is 13.8 Å². The number of allylic oxidation sites excluding steroid dienone is 7. The van der Waals surface area contributed by atoms with Crippen molar-refractivity contribution in [1.29, 1.82) is 0 Å². The van der Waals surface area contributed by atoms with Crippen LogP contribution in [0.25, 0.3) is 0 Å². The van der Waals surface area contributed by atoms with Crippen LogP contribution in [-0.4, -0.2) is 73.4 Å². The number of phosphoric ester groups is 1. The molecule has 0 aromatic carbocycles. The molecular formula is C50H96N2O6P+. The maximum atomic E-state index is 12.9. The van der Waals surface area contributed by atoms with Crippen molar-refractivity contribution in [3.05, 3.63) is 48.6 Å². The number of nitrogens with one attached hydrogen (secondary N) is 1. The first-order valence-electron chi connectivity index (χ1n) is 24.5. The fraction of sp³-hybridized carbons (Fsp3) is 0.820. The van der Waals surface area contributed by atoms with E-state index in [4.69, 9.17) is 9.05 Å². The summed E-state index contributed by atoms with van der Waals surface area (Å²) in [6, 6.07) is -0.870. The molecule has 0 spiro atoms. The number of hydrogen-bond donors (Lipinski definition) is 3. The summed E-state index contributed by atoms with van der Waals surface area (Å²) >= 11 is 0. The summed E-state index contributed by atoms with van der Waals surface area (Å²) in [4.78, 5) is 23.1. The molecule has 0 aromatic rings. The third kappa shape index (κ3) is 44.3. The second-order valence-corrected chi connectivity index (χ2v) is 19.3. The molecule has 3 N–H and O–H groups in total. The van der Waals surface area contributed by atoms with Crippen LogP contribution in [-0.2, 0) is 18.4 Å². The number of nitrogens with zero attached hydrogens (tertiary/aromatic N) is 1. The van der Waals surface area contributed by atoms with E-state index in [1.165, 1.54) is 122 Å². The summed E-state index contributed by atoms with van der Waals surface area (Å²) in [5, 5.41) is 13.8. The molecule has 0 bridgehead atoms. The third-order valence-electron chi connectivity index (χ3n) is 10.8. The van der Waals surface area contributed by atoms with Crippen molar-refractivity contribution < 1.29 is 32.9 Å². The number of quaternary nitrogens is 1. The van der Waals surface area contributed by atoms with E-state index < -0.39 is 20.0 Å². The van der Waals surface area contributed by atoms with E-state index in [2.05, 4.69) is 55.6 Å². The monoisotopic (exact) mass is 852 g/mol. The fourth-order valence-corrected chi connectivity index (χ4v) is 7.60. The quantitative estimate of drug-likeness (QED) is 0.0244. The molecule has 0 rings (SSSR count). The normalized spacial score (nSPS) is 14.6. The number of hydrogen-bond acceptors (Lipinski definition) is 5. The molecule has 0 aromatic heterocycles. The maximum Gasteiger partial charge on any atom is 0.472 e. The molecule has 0 radical (unpaired) electrons. The molecule has 0 fully saturated rings. The Kier molecular flexibility index (Phi) is 40.7. The number of likely N-dealkylation sites (N-methyl/N-ethyl adjacent to an activating group) is 1. The molecule has 346 valence electrons. The average Bonchev–Trinajstić information content (AvgIpc) is 3.19. The standard InChI is InChI=1S/C50H95N2O6P/c1-6-8-10-12-14-16-18-20-21-22-23-24-25-26-27-28-29-30-32-33-35-37-39-41-43-49(53)48(47-58-59(55,56)57-46-45-52(3,4)5)51-50(54)44-42-40-38-36-34-31-19-17-15-13-11-9-7-2/h11,13,17,19,33,35,41,43,48-49,53H,6-10,12,14-16,18,20-32,34,36-40,42,44-47H2,1-5H3,(H-,51,54,55,56)/p+1/b13-11-,19-17-,35-33+,43-41+. The molecule has 8 nitrogen and oxygen atoms in total. The van der Waals surface area contributed by atoms with Crippen molar-refractivity contribution in [2.24, 2.45) is 0 Å². The number of unbranched alkanes of at least 4 members (excludes halogenated alkanes) is 25. The minimum atomic E-state index is -4.35. The van der Waals surface area contributed by atoms with E-state index in [-0.39, 0.29) is 19.1 Å². The number of carbonyl (C=O) groups excluding carboxylic acids is 1. The van der Waals surface area contributed by atoms with Crippen LogP contribution >= 0.6 is 7.82 Å². The maximum absolute atomic E-state index is 12.9. The highest BCUT2D eigenvalue weighted by Gasteiger charge is 2.27. The van der Waals surface area contributed by atoms with Crippen molar-refractivity contribution in [3.63, 3.8) is 0 Å². The first-order chi connectivity index (χ1) is 28.5. The van der Waals surface area contributed by atoms with Crippen LogP contribution in [0.3, 0.4) is 0 Å². The molecule has 3 unspecified atom stereocenters. The van der Waals surface area contributed by atoms with Gasteiger partial charge in [0.15, 0.2) is 0 Å². The molecule has 3 atom stereocenters. The van der Waals surface area contributed by atoms with Gasteiger partial charge in [0.05, 0.1) is 39.9 Å². The van der Waals surface area contributed by atoms with Crippen LogP contribution in [0, 0.1) is 0 Å². The number of rotatable bonds is 44. The number of aliphatic hydroxyl groups is 1. The first-order valence-corrected chi connectivity index (χ1v) is 26.0. The van der Waals surface area contributed by atoms with Gasteiger partial charge in [0, 0.05) is 6.42 Å². The number of aliphatic hydroxyl groups excluding tert-OH is 1. The van der Waals surface area contributed by atoms with Gasteiger partial charge < -0.3 is 19.8 Å². The van der Waals surface area contributed by atoms with Crippen molar-refractivity contribution in [1.82, 2.24) is 5.32 Å². The summed E-state index contributed by atoms with van der Waals surface area (Å²) in [6.07, 6.45) is 53.5. The van der Waals surface area contributed by atoms with Crippen molar-refractivity contribution in [2.45, 2.75) is 225 Å². The van der Waals surface area contributed by atoms with E-state index in [0.717, 1.165) is 70.6 Å². The van der Waals surface area contributed by atoms with Crippen LogP contribution in [0.5, 0.6) is 0 Å². The van der Waals surface area contributed by atoms with Gasteiger partial charge in [-0.1, -0.05) is 197 Å². The van der Waals surface area contributed by atoms with Gasteiger partial charge >= 0.3 is 7.82 Å². The van der Waals surface area contributed by atoms with E-state index >= 15 is 0 Å². The van der Waals surface area contributed by atoms with Crippen LogP contribution < -0.4 is 5.32 Å². The molecule has 59 heavy (non-hydrogen) atoms. The predicted molar refractivity (Wildman–Crippen MR) is 254 cm³/mol. The zero-order chi connectivity index (χ0) is 43.6. The smallest absolute Gasteiger partial charge is 0.387 e. The van der Waals surface area contributed by atoms with Crippen LogP contribution in [0.4, 0.5) is 0 Å². The van der Waals surface area contributed by atoms with E-state index in [1.807, 2.05) is 27.2 Å². The zero-order valence-electron chi connectivity index (χ0n) is 39.2. The van der Waals surface area contributed by atoms with Gasteiger partial charge in [0.25, 0.3) is 0 Å². The minimum absolute atomic E-state index is 0.0521. The second-order valence-electron chi connectivity index (χ2n) is 17.8. The lowest BCUT2D eigenvalue weighted by molar-refractivity contribution is -0.870. The van der Waals surface area contributed by atoms with Crippen molar-refractivity contribution in [3.8, 4) is 0 Å². The van der Waals surface area contributed by atoms with E-state index in [0.29, 0.717) is 17.4 Å². The molecule has 0 aliphatic heterocycles. The largest absolute Gasteiger partial charge is 0.472 e. The Morgan fingerprint density at radius 1 is 0.576 bits per heavy atom. The predicted octanol–water partition coefficient (Wildman–Crippen LogP) is 14.0. The van der Waals surface area contributed by atoms with Crippen molar-refractivity contribution in [2.75, 3.05) is 40.9 Å². The molecule has 9 heteroatoms. The topological polar surface area (TPSA) is 105 Å². The second kappa shape index (κ2) is 41.8. The Balaban J connectivity index is 4.34. The molecule has 0 aliphatic carbocycles. The SMILES string of the molecule is CCC/C=C\C/C=C\CCCCCCCC(=O)NC(COP(=O)(O)OCC[N+](C)(C)C)C(O)/C=C/CC/C=C/CCCCCCCCCCCCCCCCCCCC. The van der Waals surface area contributed by atoms with Crippen LogP contribution in [0.2, 0.25) is 0 Å². The van der Waals surface area contributed by atoms with Gasteiger partial charge in [0.1, 0.15) is 13.2 Å². The van der Waals surface area contributed by atoms with E-state index in [1.54, 1.807) is 6.08 Å². The minimum Gasteiger partial charge on any atom is -0.387 e. The Bertz CT molecular complexity index is 1100. The lowest BCUT2D eigenvalue weighted by Crippen LogP contribution is -2.45.